The molecule has 1 fully saturated rings. The summed E-state index contributed by atoms with van der Waals surface area (Å²) < 4.78 is 14.7. The lowest BCUT2D eigenvalue weighted by atomic mass is 10.2. The Hall–Kier alpha value is -1.46. The molecular weight excluding hydrogens is 257 g/mol. The summed E-state index contributed by atoms with van der Waals surface area (Å²) in [5.74, 6) is -0.445. The number of fused-ring (bicyclic) bond motifs is 1. The molecule has 0 spiro atoms. The van der Waals surface area contributed by atoms with Crippen LogP contribution in [0.15, 0.2) is 23.0 Å². The molecule has 6 heteroatoms. The van der Waals surface area contributed by atoms with Crippen molar-refractivity contribution < 1.29 is 4.39 Å². The lowest BCUT2D eigenvalue weighted by Gasteiger charge is -2.15. The van der Waals surface area contributed by atoms with Gasteiger partial charge in [-0.1, -0.05) is 0 Å². The quantitative estimate of drug-likeness (QED) is 0.801. The first kappa shape index (κ1) is 11.6. The SMILES string of the molecule is O=c1c2cc(F)ccc2nc(Cl)n1C1CCNC1. The number of rotatable bonds is 1. The van der Waals surface area contributed by atoms with Gasteiger partial charge in [-0.25, -0.2) is 9.37 Å². The van der Waals surface area contributed by atoms with Crippen LogP contribution in [-0.4, -0.2) is 22.6 Å². The predicted molar refractivity (Wildman–Crippen MR) is 67.5 cm³/mol. The zero-order valence-electron chi connectivity index (χ0n) is 9.49. The second kappa shape index (κ2) is 4.33. The van der Waals surface area contributed by atoms with Crippen molar-refractivity contribution in [1.82, 2.24) is 14.9 Å². The van der Waals surface area contributed by atoms with Gasteiger partial charge in [-0.05, 0) is 42.8 Å². The van der Waals surface area contributed by atoms with E-state index in [2.05, 4.69) is 10.3 Å². The third-order valence-corrected chi connectivity index (χ3v) is 3.49. The van der Waals surface area contributed by atoms with Gasteiger partial charge in [-0.3, -0.25) is 9.36 Å². The van der Waals surface area contributed by atoms with Crippen LogP contribution in [0.2, 0.25) is 5.28 Å². The van der Waals surface area contributed by atoms with E-state index in [9.17, 15) is 9.18 Å². The molecule has 0 aliphatic carbocycles. The van der Waals surface area contributed by atoms with Crippen LogP contribution >= 0.6 is 11.6 Å². The first-order valence-electron chi connectivity index (χ1n) is 5.75. The highest BCUT2D eigenvalue weighted by Crippen LogP contribution is 2.20. The minimum absolute atomic E-state index is 0.00910. The highest BCUT2D eigenvalue weighted by atomic mass is 35.5. The summed E-state index contributed by atoms with van der Waals surface area (Å²) in [6, 6.07) is 3.94. The Labute approximate surface area is 107 Å². The van der Waals surface area contributed by atoms with Crippen molar-refractivity contribution >= 4 is 22.5 Å². The summed E-state index contributed by atoms with van der Waals surface area (Å²) in [6.07, 6.45) is 0.822. The van der Waals surface area contributed by atoms with Crippen LogP contribution in [0.5, 0.6) is 0 Å². The monoisotopic (exact) mass is 267 g/mol. The maximum atomic E-state index is 13.2. The average molecular weight is 268 g/mol. The maximum absolute atomic E-state index is 13.2. The van der Waals surface area contributed by atoms with Crippen molar-refractivity contribution in [2.45, 2.75) is 12.5 Å². The largest absolute Gasteiger partial charge is 0.315 e. The van der Waals surface area contributed by atoms with Crippen molar-refractivity contribution in [2.24, 2.45) is 0 Å². The summed E-state index contributed by atoms with van der Waals surface area (Å²) in [4.78, 5) is 16.5. The molecule has 18 heavy (non-hydrogen) atoms. The molecule has 1 aliphatic heterocycles. The molecule has 1 saturated heterocycles. The van der Waals surface area contributed by atoms with Crippen molar-refractivity contribution in [3.05, 3.63) is 39.7 Å². The van der Waals surface area contributed by atoms with Crippen molar-refractivity contribution in [2.75, 3.05) is 13.1 Å². The Bertz CT molecular complexity index is 664. The van der Waals surface area contributed by atoms with E-state index in [0.717, 1.165) is 13.0 Å². The summed E-state index contributed by atoms with van der Waals surface area (Å²) in [5.41, 5.74) is 0.145. The summed E-state index contributed by atoms with van der Waals surface area (Å²) in [6.45, 7) is 1.52. The van der Waals surface area contributed by atoms with Gasteiger partial charge in [0.2, 0.25) is 5.28 Å². The lowest BCUT2D eigenvalue weighted by Crippen LogP contribution is -2.28. The summed E-state index contributed by atoms with van der Waals surface area (Å²) in [5, 5.41) is 3.59. The van der Waals surface area contributed by atoms with Gasteiger partial charge in [0.15, 0.2) is 0 Å². The molecule has 2 heterocycles. The van der Waals surface area contributed by atoms with Crippen LogP contribution in [0, 0.1) is 5.82 Å². The zero-order valence-corrected chi connectivity index (χ0v) is 10.2. The second-order valence-electron chi connectivity index (χ2n) is 4.36. The molecule has 1 atom stereocenters. The van der Waals surface area contributed by atoms with Crippen molar-refractivity contribution in [3.8, 4) is 0 Å². The Morgan fingerprint density at radius 3 is 3.06 bits per heavy atom. The van der Waals surface area contributed by atoms with Crippen LogP contribution in [-0.2, 0) is 0 Å². The Balaban J connectivity index is 2.28. The van der Waals surface area contributed by atoms with E-state index < -0.39 is 5.82 Å². The smallest absolute Gasteiger partial charge is 0.262 e. The minimum atomic E-state index is -0.445. The number of hydrogen-bond donors (Lipinski definition) is 1. The van der Waals surface area contributed by atoms with Gasteiger partial charge in [0.05, 0.1) is 16.9 Å². The van der Waals surface area contributed by atoms with Gasteiger partial charge >= 0.3 is 0 Å². The van der Waals surface area contributed by atoms with E-state index in [-0.39, 0.29) is 22.3 Å². The van der Waals surface area contributed by atoms with Gasteiger partial charge in [0, 0.05) is 6.54 Å². The van der Waals surface area contributed by atoms with E-state index in [0.29, 0.717) is 12.1 Å². The van der Waals surface area contributed by atoms with E-state index in [1.807, 2.05) is 0 Å². The number of hydrogen-bond acceptors (Lipinski definition) is 3. The third kappa shape index (κ3) is 1.79. The van der Waals surface area contributed by atoms with Crippen LogP contribution in [0.3, 0.4) is 0 Å². The number of nitrogens with zero attached hydrogens (tertiary/aromatic N) is 2. The molecule has 0 bridgehead atoms. The number of halogens is 2. The topological polar surface area (TPSA) is 46.9 Å². The molecule has 0 saturated carbocycles. The van der Waals surface area contributed by atoms with Crippen LogP contribution in [0.1, 0.15) is 12.5 Å². The molecule has 4 nitrogen and oxygen atoms in total. The molecule has 0 amide bonds. The molecule has 3 rings (SSSR count). The molecule has 0 radical (unpaired) electrons. The first-order valence-corrected chi connectivity index (χ1v) is 6.12. The highest BCUT2D eigenvalue weighted by Gasteiger charge is 2.21. The molecule has 94 valence electrons. The standard InChI is InChI=1S/C12H11ClFN3O/c13-12-16-10-2-1-7(14)5-9(10)11(18)17(12)8-3-4-15-6-8/h1-2,5,8,15H,3-4,6H2. The molecule has 1 N–H and O–H groups in total. The van der Waals surface area contributed by atoms with Gasteiger partial charge in [0.1, 0.15) is 5.82 Å². The van der Waals surface area contributed by atoms with Gasteiger partial charge in [0.25, 0.3) is 5.56 Å². The van der Waals surface area contributed by atoms with E-state index >= 15 is 0 Å². The molecule has 1 aromatic carbocycles. The van der Waals surface area contributed by atoms with E-state index in [4.69, 9.17) is 11.6 Å². The Morgan fingerprint density at radius 1 is 1.50 bits per heavy atom. The van der Waals surface area contributed by atoms with Crippen LogP contribution < -0.4 is 10.9 Å². The van der Waals surface area contributed by atoms with Crippen LogP contribution in [0.4, 0.5) is 4.39 Å². The zero-order chi connectivity index (χ0) is 12.7. The summed E-state index contributed by atoms with van der Waals surface area (Å²) >= 11 is 6.06. The fourth-order valence-electron chi connectivity index (χ4n) is 2.32. The normalized spacial score (nSPS) is 19.6. The van der Waals surface area contributed by atoms with Crippen molar-refractivity contribution in [1.29, 1.82) is 0 Å². The summed E-state index contributed by atoms with van der Waals surface area (Å²) in [7, 11) is 0. The maximum Gasteiger partial charge on any atom is 0.262 e. The fourth-order valence-corrected chi connectivity index (χ4v) is 2.63. The molecule has 2 aromatic rings. The van der Waals surface area contributed by atoms with Gasteiger partial charge in [-0.2, -0.15) is 0 Å². The van der Waals surface area contributed by atoms with E-state index in [1.165, 1.54) is 22.8 Å². The highest BCUT2D eigenvalue weighted by molar-refractivity contribution is 6.28. The second-order valence-corrected chi connectivity index (χ2v) is 4.70. The lowest BCUT2D eigenvalue weighted by molar-refractivity contribution is 0.526. The van der Waals surface area contributed by atoms with Crippen LogP contribution in [0.25, 0.3) is 10.9 Å². The number of nitrogens with one attached hydrogen (secondary N) is 1. The first-order chi connectivity index (χ1) is 8.66. The molecule has 1 aromatic heterocycles. The van der Waals surface area contributed by atoms with Gasteiger partial charge < -0.3 is 5.32 Å². The Morgan fingerprint density at radius 2 is 2.33 bits per heavy atom. The predicted octanol–water partition coefficient (Wildman–Crippen LogP) is 1.72. The minimum Gasteiger partial charge on any atom is -0.315 e. The fraction of sp³-hybridized carbons (Fsp3) is 0.333. The average Bonchev–Trinajstić information content (AvgIpc) is 2.84. The molecule has 1 unspecified atom stereocenters. The molecular formula is C12H11ClFN3O. The van der Waals surface area contributed by atoms with E-state index in [1.54, 1.807) is 0 Å². The van der Waals surface area contributed by atoms with Crippen molar-refractivity contribution in [3.63, 3.8) is 0 Å². The third-order valence-electron chi connectivity index (χ3n) is 3.22. The number of benzene rings is 1. The molecule has 1 aliphatic rings. The Kier molecular flexibility index (Phi) is 2.80. The number of aromatic nitrogens is 2. The van der Waals surface area contributed by atoms with Gasteiger partial charge in [-0.15, -0.1) is 0 Å².